The van der Waals surface area contributed by atoms with Gasteiger partial charge in [-0.2, -0.15) is 23.5 Å². The molecule has 0 aliphatic heterocycles. The summed E-state index contributed by atoms with van der Waals surface area (Å²) in [5, 5.41) is 18.5. The molecule has 4 atom stereocenters. The van der Waals surface area contributed by atoms with E-state index in [0.29, 0.717) is 16.3 Å². The highest BCUT2D eigenvalue weighted by molar-refractivity contribution is 8.04. The first-order valence-corrected chi connectivity index (χ1v) is 7.72. The third-order valence-electron chi connectivity index (χ3n) is 2.72. The molecule has 5 nitrogen and oxygen atoms in total. The van der Waals surface area contributed by atoms with E-state index in [1.807, 2.05) is 0 Å². The minimum Gasteiger partial charge on any atom is -0.480 e. The molecule has 0 radical (unpaired) electrons. The molecule has 0 bridgehead atoms. The average molecular weight is 280 g/mol. The van der Waals surface area contributed by atoms with Crippen molar-refractivity contribution in [2.24, 2.45) is 11.5 Å². The molecule has 0 saturated heterocycles. The van der Waals surface area contributed by atoms with Gasteiger partial charge in [0, 0.05) is 28.0 Å². The second-order valence-electron chi connectivity index (χ2n) is 4.21. The van der Waals surface area contributed by atoms with Gasteiger partial charge in [0.1, 0.15) is 6.04 Å². The average Bonchev–Trinajstić information content (AvgIpc) is 2.27. The van der Waals surface area contributed by atoms with Crippen LogP contribution in [-0.4, -0.2) is 56.9 Å². The van der Waals surface area contributed by atoms with Crippen LogP contribution in [0.15, 0.2) is 0 Å². The lowest BCUT2D eigenvalue weighted by Crippen LogP contribution is -2.38. The van der Waals surface area contributed by atoms with E-state index in [-0.39, 0.29) is 12.6 Å². The Morgan fingerprint density at radius 3 is 2.18 bits per heavy atom. The fourth-order valence-electron chi connectivity index (χ4n) is 1.42. The van der Waals surface area contributed by atoms with Crippen molar-refractivity contribution in [3.8, 4) is 0 Å². The normalized spacial score (nSPS) is 27.2. The second-order valence-corrected chi connectivity index (χ2v) is 6.75. The Morgan fingerprint density at radius 1 is 1.24 bits per heavy atom. The maximum atomic E-state index is 10.6. The Labute approximate surface area is 110 Å². The lowest BCUT2D eigenvalue weighted by Gasteiger charge is -2.36. The first-order valence-electron chi connectivity index (χ1n) is 5.62. The van der Waals surface area contributed by atoms with Crippen LogP contribution in [0.2, 0.25) is 0 Å². The summed E-state index contributed by atoms with van der Waals surface area (Å²) in [6.45, 7) is 0.0153. The number of carbonyl (C=O) groups is 1. The van der Waals surface area contributed by atoms with Crippen molar-refractivity contribution in [3.05, 3.63) is 0 Å². The molecule has 0 aromatic carbocycles. The summed E-state index contributed by atoms with van der Waals surface area (Å²) in [6.07, 6.45) is 2.26. The summed E-state index contributed by atoms with van der Waals surface area (Å²) >= 11 is 3.41. The molecule has 0 heterocycles. The van der Waals surface area contributed by atoms with Crippen LogP contribution in [0, 0.1) is 0 Å². The Bertz CT molecular complexity index is 256. The highest BCUT2D eigenvalue weighted by atomic mass is 32.2. The van der Waals surface area contributed by atoms with Crippen LogP contribution in [0.25, 0.3) is 0 Å². The zero-order valence-electron chi connectivity index (χ0n) is 9.62. The molecule has 1 rings (SSSR count). The van der Waals surface area contributed by atoms with Crippen molar-refractivity contribution in [3.63, 3.8) is 0 Å². The molecule has 6 N–H and O–H groups in total. The van der Waals surface area contributed by atoms with E-state index in [1.165, 1.54) is 0 Å². The van der Waals surface area contributed by atoms with Gasteiger partial charge in [-0.05, 0) is 12.8 Å². The van der Waals surface area contributed by atoms with Crippen molar-refractivity contribution in [1.82, 2.24) is 0 Å². The molecule has 17 heavy (non-hydrogen) atoms. The van der Waals surface area contributed by atoms with Crippen LogP contribution >= 0.6 is 23.5 Å². The molecule has 0 aromatic rings. The molecule has 7 heteroatoms. The number of aliphatic hydroxyl groups excluding tert-OH is 1. The smallest absolute Gasteiger partial charge is 0.321 e. The summed E-state index contributed by atoms with van der Waals surface area (Å²) in [5.41, 5.74) is 11.1. The third kappa shape index (κ3) is 5.05. The van der Waals surface area contributed by atoms with Gasteiger partial charge in [0.15, 0.2) is 0 Å². The monoisotopic (exact) mass is 280 g/mol. The van der Waals surface area contributed by atoms with Gasteiger partial charge in [0.25, 0.3) is 0 Å². The van der Waals surface area contributed by atoms with Gasteiger partial charge < -0.3 is 21.7 Å². The maximum Gasteiger partial charge on any atom is 0.321 e. The number of carboxylic acids is 1. The number of nitrogens with two attached hydrogens (primary N) is 2. The highest BCUT2D eigenvalue weighted by Crippen LogP contribution is 2.40. The van der Waals surface area contributed by atoms with Gasteiger partial charge in [-0.1, -0.05) is 0 Å². The van der Waals surface area contributed by atoms with Crippen LogP contribution in [0.4, 0.5) is 0 Å². The summed E-state index contributed by atoms with van der Waals surface area (Å²) in [4.78, 5) is 10.6. The summed E-state index contributed by atoms with van der Waals surface area (Å²) in [7, 11) is 0. The fraction of sp³-hybridized carbons (Fsp3) is 0.900. The minimum atomic E-state index is -0.941. The lowest BCUT2D eigenvalue weighted by molar-refractivity contribution is -0.137. The molecular formula is C10H20N2O3S2. The maximum absolute atomic E-state index is 10.6. The van der Waals surface area contributed by atoms with Gasteiger partial charge >= 0.3 is 5.97 Å². The summed E-state index contributed by atoms with van der Waals surface area (Å²) < 4.78 is 0. The van der Waals surface area contributed by atoms with Crippen molar-refractivity contribution in [1.29, 1.82) is 0 Å². The Balaban J connectivity index is 2.16. The molecule has 0 amide bonds. The van der Waals surface area contributed by atoms with E-state index in [9.17, 15) is 4.79 Å². The quantitative estimate of drug-likeness (QED) is 0.484. The minimum absolute atomic E-state index is 0.0153. The van der Waals surface area contributed by atoms with Crippen LogP contribution in [-0.2, 0) is 4.79 Å². The summed E-state index contributed by atoms with van der Waals surface area (Å²) in [5.74, 6) is 0.273. The van der Waals surface area contributed by atoms with Gasteiger partial charge in [-0.3, -0.25) is 4.79 Å². The molecule has 1 fully saturated rings. The predicted molar refractivity (Wildman–Crippen MR) is 72.4 cm³/mol. The van der Waals surface area contributed by atoms with Crippen molar-refractivity contribution < 1.29 is 15.0 Å². The van der Waals surface area contributed by atoms with Crippen molar-refractivity contribution in [2.45, 2.75) is 35.4 Å². The molecule has 0 spiro atoms. The standard InChI is InChI=1S/C10H20N2O3S2/c11-6(3-13)4-16-8-1-2-9(8)17-5-7(12)10(14)15/h6-9,13H,1-5,11-12H2,(H,14,15). The zero-order chi connectivity index (χ0) is 12.8. The van der Waals surface area contributed by atoms with Crippen LogP contribution < -0.4 is 11.5 Å². The Kier molecular flexibility index (Phi) is 6.65. The third-order valence-corrected chi connectivity index (χ3v) is 6.05. The number of thioether (sulfide) groups is 2. The fourth-order valence-corrected chi connectivity index (χ4v) is 4.39. The SMILES string of the molecule is NC(CO)CSC1CCC1SCC(N)C(=O)O. The molecule has 1 aliphatic rings. The lowest BCUT2D eigenvalue weighted by atomic mass is 9.99. The van der Waals surface area contributed by atoms with Gasteiger partial charge in [-0.15, -0.1) is 0 Å². The van der Waals surface area contributed by atoms with E-state index in [0.717, 1.165) is 18.6 Å². The zero-order valence-corrected chi connectivity index (χ0v) is 11.3. The van der Waals surface area contributed by atoms with Crippen LogP contribution in [0.1, 0.15) is 12.8 Å². The number of aliphatic carboxylic acids is 1. The van der Waals surface area contributed by atoms with Gasteiger partial charge in [0.05, 0.1) is 6.61 Å². The number of carboxylic acid groups (broad SMARTS) is 1. The molecule has 100 valence electrons. The van der Waals surface area contributed by atoms with E-state index >= 15 is 0 Å². The van der Waals surface area contributed by atoms with E-state index in [2.05, 4.69) is 0 Å². The second kappa shape index (κ2) is 7.48. The predicted octanol–water partition coefficient (Wildman–Crippen LogP) is -0.285. The number of hydrogen-bond donors (Lipinski definition) is 4. The van der Waals surface area contributed by atoms with Crippen LogP contribution in [0.3, 0.4) is 0 Å². The van der Waals surface area contributed by atoms with Crippen molar-refractivity contribution in [2.75, 3.05) is 18.1 Å². The first kappa shape index (κ1) is 15.1. The highest BCUT2D eigenvalue weighted by Gasteiger charge is 2.32. The number of rotatable bonds is 8. The molecule has 0 aromatic heterocycles. The van der Waals surface area contributed by atoms with E-state index < -0.39 is 12.0 Å². The molecule has 1 saturated carbocycles. The molecular weight excluding hydrogens is 260 g/mol. The van der Waals surface area contributed by atoms with Gasteiger partial charge in [-0.25, -0.2) is 0 Å². The number of hydrogen-bond acceptors (Lipinski definition) is 6. The molecule has 4 unspecified atom stereocenters. The largest absolute Gasteiger partial charge is 0.480 e. The van der Waals surface area contributed by atoms with E-state index in [1.54, 1.807) is 23.5 Å². The first-order chi connectivity index (χ1) is 8.04. The Hall–Kier alpha value is 0.0500. The van der Waals surface area contributed by atoms with Crippen molar-refractivity contribution >= 4 is 29.5 Å². The van der Waals surface area contributed by atoms with Gasteiger partial charge in [0.2, 0.25) is 0 Å². The summed E-state index contributed by atoms with van der Waals surface area (Å²) in [6, 6.07) is -0.932. The number of aliphatic hydroxyl groups is 1. The Morgan fingerprint density at radius 2 is 1.76 bits per heavy atom. The molecule has 1 aliphatic carbocycles. The van der Waals surface area contributed by atoms with E-state index in [4.69, 9.17) is 21.7 Å². The van der Waals surface area contributed by atoms with Crippen LogP contribution in [0.5, 0.6) is 0 Å². The topological polar surface area (TPSA) is 110 Å².